The lowest BCUT2D eigenvalue weighted by Crippen LogP contribution is -2.21. The lowest BCUT2D eigenvalue weighted by atomic mass is 10.3. The van der Waals surface area contributed by atoms with E-state index in [2.05, 4.69) is 16.9 Å². The average molecular weight is 176 g/mol. The Hall–Kier alpha value is -1.64. The Morgan fingerprint density at radius 2 is 2.54 bits per heavy atom. The van der Waals surface area contributed by atoms with Crippen LogP contribution in [0, 0.1) is 0 Å². The molecule has 0 unspecified atom stereocenters. The highest BCUT2D eigenvalue weighted by Gasteiger charge is 1.96. The maximum atomic E-state index is 11.0. The van der Waals surface area contributed by atoms with Crippen molar-refractivity contribution in [1.29, 1.82) is 0 Å². The third-order valence-electron chi connectivity index (χ3n) is 1.54. The van der Waals surface area contributed by atoms with Gasteiger partial charge in [-0.2, -0.15) is 0 Å². The Morgan fingerprint density at radius 3 is 3.15 bits per heavy atom. The summed E-state index contributed by atoms with van der Waals surface area (Å²) in [5.41, 5.74) is 1.000. The zero-order chi connectivity index (χ0) is 9.52. The highest BCUT2D eigenvalue weighted by Crippen LogP contribution is 1.94. The number of aromatic nitrogens is 1. The molecule has 0 spiro atoms. The predicted molar refractivity (Wildman–Crippen MR) is 50.9 cm³/mol. The largest absolute Gasteiger partial charge is 0.352 e. The van der Waals surface area contributed by atoms with Crippen LogP contribution in [0.4, 0.5) is 0 Å². The van der Waals surface area contributed by atoms with Gasteiger partial charge in [-0.05, 0) is 11.6 Å². The molecule has 0 radical (unpaired) electrons. The molecule has 0 aliphatic heterocycles. The Labute approximate surface area is 77.5 Å². The van der Waals surface area contributed by atoms with Crippen molar-refractivity contribution in [2.24, 2.45) is 0 Å². The molecule has 0 aliphatic carbocycles. The lowest BCUT2D eigenvalue weighted by molar-refractivity contribution is -0.120. The summed E-state index contributed by atoms with van der Waals surface area (Å²) in [4.78, 5) is 15.0. The molecule has 0 saturated heterocycles. The van der Waals surface area contributed by atoms with Crippen molar-refractivity contribution >= 4 is 5.91 Å². The Bertz CT molecular complexity index is 282. The van der Waals surface area contributed by atoms with E-state index in [0.29, 0.717) is 13.0 Å². The molecule has 0 aromatic carbocycles. The van der Waals surface area contributed by atoms with Crippen LogP contribution in [0.25, 0.3) is 0 Å². The van der Waals surface area contributed by atoms with Crippen molar-refractivity contribution in [3.8, 4) is 0 Å². The van der Waals surface area contributed by atoms with Crippen molar-refractivity contribution in [1.82, 2.24) is 10.3 Å². The number of carbonyl (C=O) groups is 1. The minimum absolute atomic E-state index is 0.0150. The first-order chi connectivity index (χ1) is 6.33. The molecule has 0 bridgehead atoms. The highest BCUT2D eigenvalue weighted by atomic mass is 16.1. The molecule has 1 rings (SSSR count). The number of nitrogens with one attached hydrogen (secondary N) is 1. The minimum Gasteiger partial charge on any atom is -0.352 e. The van der Waals surface area contributed by atoms with Crippen LogP contribution in [0.2, 0.25) is 0 Å². The van der Waals surface area contributed by atoms with E-state index in [0.717, 1.165) is 5.56 Å². The van der Waals surface area contributed by atoms with Gasteiger partial charge in [0.1, 0.15) is 0 Å². The molecule has 0 atom stereocenters. The number of pyridine rings is 1. The fourth-order valence-electron chi connectivity index (χ4n) is 0.907. The summed E-state index contributed by atoms with van der Waals surface area (Å²) < 4.78 is 0. The first kappa shape index (κ1) is 9.45. The van der Waals surface area contributed by atoms with Crippen LogP contribution in [-0.4, -0.2) is 10.9 Å². The molecule has 1 amide bonds. The quantitative estimate of drug-likeness (QED) is 0.702. The Morgan fingerprint density at radius 1 is 1.69 bits per heavy atom. The molecular formula is C10H12N2O. The van der Waals surface area contributed by atoms with Crippen molar-refractivity contribution in [2.45, 2.75) is 13.0 Å². The molecule has 1 N–H and O–H groups in total. The van der Waals surface area contributed by atoms with Gasteiger partial charge in [0, 0.05) is 25.4 Å². The number of carbonyl (C=O) groups excluding carboxylic acids is 1. The van der Waals surface area contributed by atoms with Crippen LogP contribution in [0.15, 0.2) is 37.2 Å². The van der Waals surface area contributed by atoms with E-state index in [1.165, 1.54) is 0 Å². The van der Waals surface area contributed by atoms with E-state index in [1.807, 2.05) is 12.1 Å². The summed E-state index contributed by atoms with van der Waals surface area (Å²) in [6, 6.07) is 3.76. The van der Waals surface area contributed by atoms with Gasteiger partial charge in [0.15, 0.2) is 0 Å². The van der Waals surface area contributed by atoms with Crippen LogP contribution in [0.3, 0.4) is 0 Å². The first-order valence-electron chi connectivity index (χ1n) is 4.09. The van der Waals surface area contributed by atoms with E-state index < -0.39 is 0 Å². The zero-order valence-electron chi connectivity index (χ0n) is 7.36. The van der Waals surface area contributed by atoms with Gasteiger partial charge in [0.05, 0.1) is 0 Å². The molecule has 1 aromatic heterocycles. The maximum Gasteiger partial charge on any atom is 0.224 e. The standard InChI is InChI=1S/C10H12N2O/c1-2-4-10(13)12-8-9-5-3-6-11-7-9/h2-3,5-7H,1,4,8H2,(H,12,13). The van der Waals surface area contributed by atoms with Gasteiger partial charge in [0.2, 0.25) is 5.91 Å². The molecule has 0 fully saturated rings. The van der Waals surface area contributed by atoms with E-state index in [-0.39, 0.29) is 5.91 Å². The summed E-state index contributed by atoms with van der Waals surface area (Å²) in [6.07, 6.45) is 5.38. The molecule has 0 saturated carbocycles. The fourth-order valence-corrected chi connectivity index (χ4v) is 0.907. The van der Waals surface area contributed by atoms with Crippen molar-refractivity contribution in [3.05, 3.63) is 42.7 Å². The summed E-state index contributed by atoms with van der Waals surface area (Å²) in [5, 5.41) is 2.75. The summed E-state index contributed by atoms with van der Waals surface area (Å²) >= 11 is 0. The Balaban J connectivity index is 2.35. The second-order valence-corrected chi connectivity index (χ2v) is 2.63. The molecule has 1 heterocycles. The predicted octanol–water partition coefficient (Wildman–Crippen LogP) is 1.27. The zero-order valence-corrected chi connectivity index (χ0v) is 7.36. The monoisotopic (exact) mass is 176 g/mol. The van der Waals surface area contributed by atoms with Crippen molar-refractivity contribution in [2.75, 3.05) is 0 Å². The third kappa shape index (κ3) is 3.51. The van der Waals surface area contributed by atoms with Crippen LogP contribution in [0.1, 0.15) is 12.0 Å². The molecule has 68 valence electrons. The molecule has 13 heavy (non-hydrogen) atoms. The topological polar surface area (TPSA) is 42.0 Å². The van der Waals surface area contributed by atoms with Crippen molar-refractivity contribution in [3.63, 3.8) is 0 Å². The molecule has 3 heteroatoms. The van der Waals surface area contributed by atoms with Gasteiger partial charge in [0.25, 0.3) is 0 Å². The van der Waals surface area contributed by atoms with Crippen LogP contribution < -0.4 is 5.32 Å². The third-order valence-corrected chi connectivity index (χ3v) is 1.54. The number of rotatable bonds is 4. The van der Waals surface area contributed by atoms with Crippen LogP contribution in [0.5, 0.6) is 0 Å². The number of nitrogens with zero attached hydrogens (tertiary/aromatic N) is 1. The van der Waals surface area contributed by atoms with Gasteiger partial charge >= 0.3 is 0 Å². The first-order valence-corrected chi connectivity index (χ1v) is 4.09. The maximum absolute atomic E-state index is 11.0. The molecule has 1 aromatic rings. The van der Waals surface area contributed by atoms with Gasteiger partial charge in [-0.25, -0.2) is 0 Å². The summed E-state index contributed by atoms with van der Waals surface area (Å²) in [5.74, 6) is -0.0150. The van der Waals surface area contributed by atoms with E-state index in [4.69, 9.17) is 0 Å². The molecule has 0 aliphatic rings. The number of hydrogen-bond acceptors (Lipinski definition) is 2. The lowest BCUT2D eigenvalue weighted by Gasteiger charge is -2.02. The summed E-state index contributed by atoms with van der Waals surface area (Å²) in [6.45, 7) is 4.01. The second kappa shape index (κ2) is 5.09. The molecular weight excluding hydrogens is 164 g/mol. The number of amides is 1. The second-order valence-electron chi connectivity index (χ2n) is 2.63. The Kier molecular flexibility index (Phi) is 3.70. The smallest absolute Gasteiger partial charge is 0.224 e. The molecule has 3 nitrogen and oxygen atoms in total. The summed E-state index contributed by atoms with van der Waals surface area (Å²) in [7, 11) is 0. The highest BCUT2D eigenvalue weighted by molar-refractivity contribution is 5.77. The van der Waals surface area contributed by atoms with E-state index >= 15 is 0 Å². The van der Waals surface area contributed by atoms with Crippen LogP contribution >= 0.6 is 0 Å². The van der Waals surface area contributed by atoms with Crippen molar-refractivity contribution < 1.29 is 4.79 Å². The minimum atomic E-state index is -0.0150. The van der Waals surface area contributed by atoms with Gasteiger partial charge < -0.3 is 5.32 Å². The van der Waals surface area contributed by atoms with Crippen LogP contribution in [-0.2, 0) is 11.3 Å². The van der Waals surface area contributed by atoms with Gasteiger partial charge in [-0.1, -0.05) is 12.1 Å². The SMILES string of the molecule is C=CCC(=O)NCc1cccnc1. The normalized spacial score (nSPS) is 9.23. The average Bonchev–Trinajstić information content (AvgIpc) is 2.17. The van der Waals surface area contributed by atoms with E-state index in [9.17, 15) is 4.79 Å². The van der Waals surface area contributed by atoms with Gasteiger partial charge in [-0.15, -0.1) is 6.58 Å². The van der Waals surface area contributed by atoms with Gasteiger partial charge in [-0.3, -0.25) is 9.78 Å². The number of hydrogen-bond donors (Lipinski definition) is 1. The van der Waals surface area contributed by atoms with E-state index in [1.54, 1.807) is 18.5 Å². The fraction of sp³-hybridized carbons (Fsp3) is 0.200.